The lowest BCUT2D eigenvalue weighted by molar-refractivity contribution is 0.307. The number of hydrogen-bond donors (Lipinski definition) is 3. The topological polar surface area (TPSA) is 60.7 Å². The van der Waals surface area contributed by atoms with Crippen molar-refractivity contribution >= 4 is 0 Å². The average Bonchev–Trinajstić information content (AvgIpc) is 3.45. The molecule has 0 unspecified atom stereocenters. The summed E-state index contributed by atoms with van der Waals surface area (Å²) in [6, 6.07) is 1.91. The van der Waals surface area contributed by atoms with Gasteiger partial charge in [-0.2, -0.15) is 0 Å². The molecule has 1 saturated carbocycles. The second-order valence-electron chi connectivity index (χ2n) is 10.9. The molecule has 1 aromatic carbocycles. The lowest BCUT2D eigenvalue weighted by Gasteiger charge is -2.22. The van der Waals surface area contributed by atoms with Gasteiger partial charge in [-0.05, 0) is 79.4 Å². The zero-order chi connectivity index (χ0) is 22.2. The minimum Gasteiger partial charge on any atom is -0.504 e. The number of phenols is 3. The summed E-state index contributed by atoms with van der Waals surface area (Å²) in [6.45, 7) is 9.31. The normalized spacial score (nSPS) is 15.5. The predicted molar refractivity (Wildman–Crippen MR) is 126 cm³/mol. The second-order valence-corrected chi connectivity index (χ2v) is 10.9. The van der Waals surface area contributed by atoms with Crippen molar-refractivity contribution in [2.45, 2.75) is 124 Å². The molecule has 172 valence electrons. The van der Waals surface area contributed by atoms with Crippen molar-refractivity contribution in [1.29, 1.82) is 0 Å². The van der Waals surface area contributed by atoms with E-state index in [0.717, 1.165) is 49.7 Å². The summed E-state index contributed by atoms with van der Waals surface area (Å²) in [4.78, 5) is 0. The van der Waals surface area contributed by atoms with Gasteiger partial charge >= 0.3 is 0 Å². The highest BCUT2D eigenvalue weighted by Crippen LogP contribution is 2.49. The Morgan fingerprint density at radius 2 is 1.27 bits per heavy atom. The fourth-order valence-corrected chi connectivity index (χ4v) is 4.28. The molecule has 0 spiro atoms. The van der Waals surface area contributed by atoms with Gasteiger partial charge < -0.3 is 15.3 Å². The number of phenolic OH excluding ortho intramolecular Hbond substituents is 3. The first-order valence-corrected chi connectivity index (χ1v) is 12.4. The largest absolute Gasteiger partial charge is 0.504 e. The number of aryl methyl sites for hydroxylation is 2. The van der Waals surface area contributed by atoms with E-state index in [4.69, 9.17) is 0 Å². The zero-order valence-corrected chi connectivity index (χ0v) is 20.0. The van der Waals surface area contributed by atoms with E-state index in [1.807, 2.05) is 6.07 Å². The first kappa shape index (κ1) is 24.9. The highest BCUT2D eigenvalue weighted by Gasteiger charge is 2.35. The van der Waals surface area contributed by atoms with E-state index in [2.05, 4.69) is 27.7 Å². The van der Waals surface area contributed by atoms with Gasteiger partial charge in [0.1, 0.15) is 0 Å². The van der Waals surface area contributed by atoms with Crippen LogP contribution in [0.3, 0.4) is 0 Å². The van der Waals surface area contributed by atoms with Crippen molar-refractivity contribution in [3.8, 4) is 17.2 Å². The first-order valence-electron chi connectivity index (χ1n) is 12.4. The van der Waals surface area contributed by atoms with E-state index in [0.29, 0.717) is 10.8 Å². The smallest absolute Gasteiger partial charge is 0.200 e. The molecular formula is C27H46O3. The summed E-state index contributed by atoms with van der Waals surface area (Å²) in [5, 5.41) is 30.7. The van der Waals surface area contributed by atoms with Crippen LogP contribution in [0.1, 0.15) is 122 Å². The summed E-state index contributed by atoms with van der Waals surface area (Å²) in [5.74, 6) is -0.613. The van der Waals surface area contributed by atoms with Gasteiger partial charge in [0.15, 0.2) is 11.5 Å². The summed E-state index contributed by atoms with van der Waals surface area (Å²) >= 11 is 0. The number of benzene rings is 1. The lowest BCUT2D eigenvalue weighted by Crippen LogP contribution is -2.08. The molecule has 0 aliphatic heterocycles. The maximum absolute atomic E-state index is 10.3. The molecule has 2 rings (SSSR count). The summed E-state index contributed by atoms with van der Waals surface area (Å²) in [7, 11) is 0. The van der Waals surface area contributed by atoms with Crippen LogP contribution in [-0.2, 0) is 12.8 Å². The molecule has 3 nitrogen and oxygen atoms in total. The Morgan fingerprint density at radius 3 is 1.77 bits per heavy atom. The molecule has 0 radical (unpaired) electrons. The monoisotopic (exact) mass is 418 g/mol. The molecular weight excluding hydrogens is 372 g/mol. The molecule has 3 N–H and O–H groups in total. The van der Waals surface area contributed by atoms with Crippen LogP contribution in [0.15, 0.2) is 6.07 Å². The SMILES string of the molecule is CCC(C)(C)CCCCCCc1cc(CCCCCCC2(C)CC2)c(O)c(O)c1O. The third kappa shape index (κ3) is 8.04. The van der Waals surface area contributed by atoms with Crippen molar-refractivity contribution < 1.29 is 15.3 Å². The Bertz CT molecular complexity index is 659. The van der Waals surface area contributed by atoms with Gasteiger partial charge in [0, 0.05) is 0 Å². The van der Waals surface area contributed by atoms with Crippen LogP contribution in [0.4, 0.5) is 0 Å². The highest BCUT2D eigenvalue weighted by atomic mass is 16.3. The Balaban J connectivity index is 1.73. The molecule has 30 heavy (non-hydrogen) atoms. The minimum atomic E-state index is -0.339. The molecule has 0 heterocycles. The van der Waals surface area contributed by atoms with Gasteiger partial charge in [-0.15, -0.1) is 0 Å². The lowest BCUT2D eigenvalue weighted by atomic mass is 9.84. The van der Waals surface area contributed by atoms with Crippen LogP contribution in [-0.4, -0.2) is 15.3 Å². The molecule has 1 aromatic rings. The maximum atomic E-state index is 10.3. The number of aromatic hydroxyl groups is 3. The Labute approximate surface area is 184 Å². The molecule has 0 aromatic heterocycles. The standard InChI is InChI=1S/C27H46O3/c1-5-26(2,3)16-12-8-6-10-14-21-20-22(24(29)25(30)23(21)28)15-11-7-9-13-17-27(4)18-19-27/h20,28-30H,5-19H2,1-4H3. The quantitative estimate of drug-likeness (QED) is 0.199. The molecule has 1 aliphatic carbocycles. The molecule has 0 saturated heterocycles. The minimum absolute atomic E-state index is 0.136. The maximum Gasteiger partial charge on any atom is 0.200 e. The predicted octanol–water partition coefficient (Wildman–Crippen LogP) is 8.03. The van der Waals surface area contributed by atoms with Crippen molar-refractivity contribution in [2.75, 3.05) is 0 Å². The van der Waals surface area contributed by atoms with Crippen LogP contribution >= 0.6 is 0 Å². The Hall–Kier alpha value is -1.38. The fourth-order valence-electron chi connectivity index (χ4n) is 4.28. The van der Waals surface area contributed by atoms with E-state index in [9.17, 15) is 15.3 Å². The Kier molecular flexibility index (Phi) is 9.37. The van der Waals surface area contributed by atoms with Crippen LogP contribution in [0, 0.1) is 10.8 Å². The van der Waals surface area contributed by atoms with Crippen molar-refractivity contribution in [1.82, 2.24) is 0 Å². The van der Waals surface area contributed by atoms with Gasteiger partial charge in [-0.3, -0.25) is 0 Å². The molecule has 0 bridgehead atoms. The van der Waals surface area contributed by atoms with Gasteiger partial charge in [-0.1, -0.05) is 72.6 Å². The molecule has 1 fully saturated rings. The molecule has 0 amide bonds. The third-order valence-electron chi connectivity index (χ3n) is 7.49. The average molecular weight is 419 g/mol. The molecule has 1 aliphatic rings. The van der Waals surface area contributed by atoms with Crippen molar-refractivity contribution in [3.05, 3.63) is 17.2 Å². The summed E-state index contributed by atoms with van der Waals surface area (Å²) < 4.78 is 0. The fraction of sp³-hybridized carbons (Fsp3) is 0.778. The van der Waals surface area contributed by atoms with Gasteiger partial charge in [0.25, 0.3) is 0 Å². The molecule has 3 heteroatoms. The van der Waals surface area contributed by atoms with Crippen LogP contribution < -0.4 is 0 Å². The number of rotatable bonds is 15. The van der Waals surface area contributed by atoms with Crippen LogP contribution in [0.5, 0.6) is 17.2 Å². The number of unbranched alkanes of at least 4 members (excludes halogenated alkanes) is 6. The molecule has 0 atom stereocenters. The van der Waals surface area contributed by atoms with E-state index in [1.54, 1.807) is 0 Å². The van der Waals surface area contributed by atoms with E-state index >= 15 is 0 Å². The van der Waals surface area contributed by atoms with E-state index in [1.165, 1.54) is 57.8 Å². The highest BCUT2D eigenvalue weighted by molar-refractivity contribution is 5.57. The Morgan fingerprint density at radius 1 is 0.767 bits per heavy atom. The summed E-state index contributed by atoms with van der Waals surface area (Å²) in [6.07, 6.45) is 17.4. The second kappa shape index (κ2) is 11.3. The van der Waals surface area contributed by atoms with E-state index < -0.39 is 0 Å². The first-order chi connectivity index (χ1) is 14.2. The van der Waals surface area contributed by atoms with Gasteiger partial charge in [0.2, 0.25) is 5.75 Å². The van der Waals surface area contributed by atoms with E-state index in [-0.39, 0.29) is 17.2 Å². The zero-order valence-electron chi connectivity index (χ0n) is 20.0. The van der Waals surface area contributed by atoms with Gasteiger partial charge in [-0.25, -0.2) is 0 Å². The van der Waals surface area contributed by atoms with Crippen molar-refractivity contribution in [3.63, 3.8) is 0 Å². The van der Waals surface area contributed by atoms with Crippen LogP contribution in [0.25, 0.3) is 0 Å². The number of hydrogen-bond acceptors (Lipinski definition) is 3. The van der Waals surface area contributed by atoms with Crippen molar-refractivity contribution in [2.24, 2.45) is 10.8 Å². The van der Waals surface area contributed by atoms with Gasteiger partial charge in [0.05, 0.1) is 0 Å². The van der Waals surface area contributed by atoms with Crippen LogP contribution in [0.2, 0.25) is 0 Å². The third-order valence-corrected chi connectivity index (χ3v) is 7.49. The summed E-state index contributed by atoms with van der Waals surface area (Å²) in [5.41, 5.74) is 2.63.